The first kappa shape index (κ1) is 14.3. The molecule has 1 aliphatic heterocycles. The van der Waals surface area contributed by atoms with Crippen LogP contribution in [-0.4, -0.2) is 44.7 Å². The van der Waals surface area contributed by atoms with E-state index in [1.807, 2.05) is 13.1 Å². The summed E-state index contributed by atoms with van der Waals surface area (Å²) < 4.78 is 13.6. The van der Waals surface area contributed by atoms with Gasteiger partial charge in [0.05, 0.1) is 0 Å². The Kier molecular flexibility index (Phi) is 5.16. The van der Waals surface area contributed by atoms with E-state index in [4.69, 9.17) is 5.73 Å². The number of halogens is 1. The van der Waals surface area contributed by atoms with E-state index in [1.54, 1.807) is 12.1 Å². The Bertz CT molecular complexity index is 402. The minimum atomic E-state index is -0.172. The molecule has 4 heteroatoms. The molecular weight excluding hydrogens is 241 g/mol. The number of likely N-dealkylation sites (tertiary alicyclic amines) is 1. The number of nitrogens with zero attached hydrogens (tertiary/aromatic N) is 2. The summed E-state index contributed by atoms with van der Waals surface area (Å²) in [4.78, 5) is 4.60. The molecule has 0 aromatic heterocycles. The zero-order valence-corrected chi connectivity index (χ0v) is 11.7. The molecule has 1 aromatic rings. The molecule has 1 aliphatic rings. The quantitative estimate of drug-likeness (QED) is 0.852. The number of anilines is 1. The molecule has 1 saturated heterocycles. The van der Waals surface area contributed by atoms with Crippen molar-refractivity contribution >= 4 is 5.69 Å². The highest BCUT2D eigenvalue weighted by molar-refractivity contribution is 5.48. The highest BCUT2D eigenvalue weighted by atomic mass is 19.1. The summed E-state index contributed by atoms with van der Waals surface area (Å²) in [6, 6.07) is 5.22. The molecule has 0 bridgehead atoms. The van der Waals surface area contributed by atoms with Crippen molar-refractivity contribution in [3.8, 4) is 0 Å². The second kappa shape index (κ2) is 6.87. The van der Waals surface area contributed by atoms with Gasteiger partial charge in [-0.1, -0.05) is 0 Å². The molecule has 106 valence electrons. The van der Waals surface area contributed by atoms with Crippen LogP contribution in [0.2, 0.25) is 0 Å². The summed E-state index contributed by atoms with van der Waals surface area (Å²) >= 11 is 0. The molecule has 1 fully saturated rings. The van der Waals surface area contributed by atoms with Gasteiger partial charge in [0.25, 0.3) is 0 Å². The Morgan fingerprint density at radius 3 is 2.68 bits per heavy atom. The Morgan fingerprint density at radius 2 is 2.00 bits per heavy atom. The fourth-order valence-electron chi connectivity index (χ4n) is 2.59. The van der Waals surface area contributed by atoms with Crippen LogP contribution < -0.4 is 10.6 Å². The van der Waals surface area contributed by atoms with E-state index in [9.17, 15) is 4.39 Å². The summed E-state index contributed by atoms with van der Waals surface area (Å²) in [5, 5.41) is 0. The van der Waals surface area contributed by atoms with Crippen LogP contribution >= 0.6 is 0 Å². The molecule has 19 heavy (non-hydrogen) atoms. The molecule has 1 heterocycles. The van der Waals surface area contributed by atoms with Crippen molar-refractivity contribution in [2.45, 2.75) is 19.3 Å². The fraction of sp³-hybridized carbons (Fsp3) is 0.600. The van der Waals surface area contributed by atoms with Crippen LogP contribution in [0.4, 0.5) is 10.1 Å². The Morgan fingerprint density at radius 1 is 1.26 bits per heavy atom. The fourth-order valence-corrected chi connectivity index (χ4v) is 2.59. The van der Waals surface area contributed by atoms with Gasteiger partial charge < -0.3 is 15.5 Å². The first-order valence-corrected chi connectivity index (χ1v) is 7.12. The zero-order chi connectivity index (χ0) is 13.7. The average molecular weight is 265 g/mol. The van der Waals surface area contributed by atoms with Gasteiger partial charge in [-0.15, -0.1) is 0 Å². The highest BCUT2D eigenvalue weighted by Crippen LogP contribution is 2.18. The number of nitrogens with two attached hydrogens (primary N) is 1. The monoisotopic (exact) mass is 265 g/mol. The van der Waals surface area contributed by atoms with Crippen molar-refractivity contribution in [1.29, 1.82) is 0 Å². The summed E-state index contributed by atoms with van der Waals surface area (Å²) in [5.41, 5.74) is 7.46. The third kappa shape index (κ3) is 4.18. The van der Waals surface area contributed by atoms with E-state index in [2.05, 4.69) is 9.80 Å². The molecule has 0 atom stereocenters. The molecule has 0 aliphatic carbocycles. The number of benzene rings is 1. The normalized spacial score (nSPS) is 15.9. The molecule has 0 amide bonds. The lowest BCUT2D eigenvalue weighted by atomic mass is 10.1. The predicted molar refractivity (Wildman–Crippen MR) is 78.1 cm³/mol. The first-order valence-electron chi connectivity index (χ1n) is 7.12. The third-order valence-corrected chi connectivity index (χ3v) is 3.77. The zero-order valence-electron chi connectivity index (χ0n) is 11.7. The van der Waals surface area contributed by atoms with Crippen LogP contribution in [0.5, 0.6) is 0 Å². The lowest BCUT2D eigenvalue weighted by molar-refractivity contribution is 0.346. The van der Waals surface area contributed by atoms with E-state index in [0.29, 0.717) is 6.54 Å². The van der Waals surface area contributed by atoms with Gasteiger partial charge >= 0.3 is 0 Å². The summed E-state index contributed by atoms with van der Waals surface area (Å²) in [6.45, 7) is 4.95. The second-order valence-corrected chi connectivity index (χ2v) is 5.33. The van der Waals surface area contributed by atoms with Crippen molar-refractivity contribution < 1.29 is 4.39 Å². The molecular formula is C15H24FN3. The van der Waals surface area contributed by atoms with Gasteiger partial charge in [-0.3, -0.25) is 0 Å². The predicted octanol–water partition coefficient (Wildman–Crippen LogP) is 1.86. The lowest BCUT2D eigenvalue weighted by Gasteiger charge is -2.23. The maximum atomic E-state index is 13.6. The van der Waals surface area contributed by atoms with Crippen LogP contribution in [-0.2, 0) is 6.42 Å². The van der Waals surface area contributed by atoms with Crippen molar-refractivity contribution in [2.75, 3.05) is 44.7 Å². The lowest BCUT2D eigenvalue weighted by Crippen LogP contribution is -2.31. The molecule has 1 aromatic carbocycles. The average Bonchev–Trinajstić information content (AvgIpc) is 2.88. The van der Waals surface area contributed by atoms with Crippen molar-refractivity contribution in [3.05, 3.63) is 29.6 Å². The van der Waals surface area contributed by atoms with Gasteiger partial charge in [0, 0.05) is 25.8 Å². The Labute approximate surface area is 115 Å². The minimum absolute atomic E-state index is 0.172. The van der Waals surface area contributed by atoms with Crippen LogP contribution in [0.3, 0.4) is 0 Å². The second-order valence-electron chi connectivity index (χ2n) is 5.33. The summed E-state index contributed by atoms with van der Waals surface area (Å²) in [6.07, 6.45) is 3.35. The maximum absolute atomic E-state index is 13.6. The Hall–Kier alpha value is -1.13. The third-order valence-electron chi connectivity index (χ3n) is 3.77. The van der Waals surface area contributed by atoms with Crippen LogP contribution in [0.15, 0.2) is 18.2 Å². The minimum Gasteiger partial charge on any atom is -0.373 e. The van der Waals surface area contributed by atoms with Gasteiger partial charge in [0.2, 0.25) is 0 Å². The molecule has 0 unspecified atom stereocenters. The van der Waals surface area contributed by atoms with Gasteiger partial charge in [-0.05, 0) is 62.7 Å². The standard InChI is InChI=1S/C15H24FN3/c1-18(8-9-19-6-2-3-7-19)15-11-13(4-5-17)10-14(16)12-15/h10-12H,2-9,17H2,1H3. The highest BCUT2D eigenvalue weighted by Gasteiger charge is 2.12. The summed E-state index contributed by atoms with van der Waals surface area (Å²) in [7, 11) is 2.02. The SMILES string of the molecule is CN(CCN1CCCC1)c1cc(F)cc(CCN)c1. The molecule has 2 N–H and O–H groups in total. The number of hydrogen-bond acceptors (Lipinski definition) is 3. The molecule has 0 spiro atoms. The smallest absolute Gasteiger partial charge is 0.125 e. The molecule has 2 rings (SSSR count). The number of hydrogen-bond donors (Lipinski definition) is 1. The van der Waals surface area contributed by atoms with E-state index in [1.165, 1.54) is 25.9 Å². The maximum Gasteiger partial charge on any atom is 0.125 e. The van der Waals surface area contributed by atoms with E-state index in [-0.39, 0.29) is 5.82 Å². The Balaban J connectivity index is 1.94. The van der Waals surface area contributed by atoms with Crippen molar-refractivity contribution in [2.24, 2.45) is 5.73 Å². The van der Waals surface area contributed by atoms with E-state index >= 15 is 0 Å². The first-order chi connectivity index (χ1) is 9.19. The molecule has 0 radical (unpaired) electrons. The van der Waals surface area contributed by atoms with Crippen LogP contribution in [0, 0.1) is 5.82 Å². The summed E-state index contributed by atoms with van der Waals surface area (Å²) in [5.74, 6) is -0.172. The number of likely N-dealkylation sites (N-methyl/N-ethyl adjacent to an activating group) is 1. The topological polar surface area (TPSA) is 32.5 Å². The molecule has 3 nitrogen and oxygen atoms in total. The van der Waals surface area contributed by atoms with Crippen LogP contribution in [0.25, 0.3) is 0 Å². The van der Waals surface area contributed by atoms with Gasteiger partial charge in [-0.25, -0.2) is 4.39 Å². The van der Waals surface area contributed by atoms with E-state index in [0.717, 1.165) is 30.8 Å². The van der Waals surface area contributed by atoms with Crippen LogP contribution in [0.1, 0.15) is 18.4 Å². The number of rotatable bonds is 6. The van der Waals surface area contributed by atoms with Crippen molar-refractivity contribution in [1.82, 2.24) is 4.90 Å². The van der Waals surface area contributed by atoms with Gasteiger partial charge in [-0.2, -0.15) is 0 Å². The largest absolute Gasteiger partial charge is 0.373 e. The molecule has 0 saturated carbocycles. The van der Waals surface area contributed by atoms with Gasteiger partial charge in [0.1, 0.15) is 5.82 Å². The van der Waals surface area contributed by atoms with Gasteiger partial charge in [0.15, 0.2) is 0 Å². The van der Waals surface area contributed by atoms with Crippen molar-refractivity contribution in [3.63, 3.8) is 0 Å². The van der Waals surface area contributed by atoms with E-state index < -0.39 is 0 Å².